The van der Waals surface area contributed by atoms with E-state index in [1.54, 1.807) is 18.4 Å². The largest absolute Gasteiger partial charge is 0.316 e. The standard InChI is InChI=1S/C14H24F2N2.C12H14N2O.C4H9N.C2H4/c1-17-14-9-12(10-18(2)11-14)6-7-13(16)5-3-4-8-15;1-4-9(3)12-10(7-6-8-15)11(5-2)13-14-12;1-3-5-4-2;1-2/h3-5,12,14,17H,6-11H2,1-2H3;4-9H,1-2H2,3H3,(H,13,14);3H,4H2,1-2H3;1-2H2/b4-3-,13-5+;7-6+;;. The van der Waals surface area contributed by atoms with E-state index in [1.807, 2.05) is 33.9 Å². The first kappa shape index (κ1) is 38.9. The number of aromatic amines is 1. The number of aliphatic imine (C=N–C) groups is 1. The number of piperidine rings is 1. The van der Waals surface area contributed by atoms with Crippen molar-refractivity contribution in [2.45, 2.75) is 52.0 Å². The molecular formula is C32H51F2N5O. The van der Waals surface area contributed by atoms with E-state index in [2.05, 4.69) is 58.8 Å². The van der Waals surface area contributed by atoms with Crippen molar-refractivity contribution in [3.05, 3.63) is 79.5 Å². The number of hydrogen-bond acceptors (Lipinski definition) is 5. The van der Waals surface area contributed by atoms with E-state index in [9.17, 15) is 13.6 Å². The molecule has 8 heteroatoms. The lowest BCUT2D eigenvalue weighted by Crippen LogP contribution is -2.46. The average molecular weight is 560 g/mol. The van der Waals surface area contributed by atoms with Gasteiger partial charge in [0.05, 0.1) is 11.5 Å². The van der Waals surface area contributed by atoms with Crippen LogP contribution in [0.3, 0.4) is 0 Å². The van der Waals surface area contributed by atoms with E-state index >= 15 is 0 Å². The first-order valence-electron chi connectivity index (χ1n) is 13.6. The SMILES string of the molecule is C=C.C=Cc1n[nH]c(C(C)C=C)c1/C=C/C=O.CC=NCC.CNC1CC(CC/C(F)=C\C=C/CF)CN(C)C1. The molecule has 1 saturated heterocycles. The van der Waals surface area contributed by atoms with Crippen LogP contribution in [0.4, 0.5) is 8.78 Å². The number of nitrogens with zero attached hydrogens (tertiary/aromatic N) is 3. The van der Waals surface area contributed by atoms with Crippen molar-refractivity contribution in [2.75, 3.05) is 40.4 Å². The van der Waals surface area contributed by atoms with Gasteiger partial charge in [0.2, 0.25) is 0 Å². The van der Waals surface area contributed by atoms with Crippen LogP contribution in [-0.4, -0.2) is 74.0 Å². The van der Waals surface area contributed by atoms with Crippen molar-refractivity contribution >= 4 is 24.7 Å². The van der Waals surface area contributed by atoms with E-state index < -0.39 is 6.67 Å². The smallest absolute Gasteiger partial charge is 0.142 e. The van der Waals surface area contributed by atoms with Gasteiger partial charge in [-0.05, 0) is 83.6 Å². The monoisotopic (exact) mass is 559 g/mol. The average Bonchev–Trinajstić information content (AvgIpc) is 3.39. The number of likely N-dealkylation sites (N-methyl/N-ethyl adjacent to an activating group) is 2. The van der Waals surface area contributed by atoms with Gasteiger partial charge in [-0.15, -0.1) is 19.7 Å². The maximum atomic E-state index is 13.4. The van der Waals surface area contributed by atoms with E-state index in [0.29, 0.717) is 18.4 Å². The van der Waals surface area contributed by atoms with Crippen LogP contribution in [0.2, 0.25) is 0 Å². The zero-order valence-electron chi connectivity index (χ0n) is 25.2. The Balaban J connectivity index is 0. The Morgan fingerprint density at radius 3 is 2.50 bits per heavy atom. The minimum absolute atomic E-state index is 0.158. The lowest BCUT2D eigenvalue weighted by molar-refractivity contribution is -0.104. The highest BCUT2D eigenvalue weighted by molar-refractivity contribution is 5.77. The number of aldehydes is 1. The van der Waals surface area contributed by atoms with Crippen LogP contribution in [0.25, 0.3) is 12.2 Å². The maximum Gasteiger partial charge on any atom is 0.142 e. The number of aromatic nitrogens is 2. The minimum atomic E-state index is -0.541. The Morgan fingerprint density at radius 1 is 1.30 bits per heavy atom. The molecule has 0 spiro atoms. The molecule has 1 aromatic rings. The zero-order chi connectivity index (χ0) is 30.8. The maximum absolute atomic E-state index is 13.4. The number of carbonyl (C=O) groups excluding carboxylic acids is 1. The van der Waals surface area contributed by atoms with Gasteiger partial charge < -0.3 is 10.2 Å². The number of alkyl halides is 1. The summed E-state index contributed by atoms with van der Waals surface area (Å²) in [5, 5.41) is 10.3. The molecule has 6 nitrogen and oxygen atoms in total. The molecule has 1 aliphatic heterocycles. The van der Waals surface area contributed by atoms with Crippen LogP contribution in [-0.2, 0) is 4.79 Å². The van der Waals surface area contributed by atoms with Crippen molar-refractivity contribution in [1.82, 2.24) is 20.4 Å². The molecule has 40 heavy (non-hydrogen) atoms. The van der Waals surface area contributed by atoms with Gasteiger partial charge in [0, 0.05) is 42.9 Å². The fourth-order valence-corrected chi connectivity index (χ4v) is 4.00. The van der Waals surface area contributed by atoms with Crippen LogP contribution in [0.5, 0.6) is 0 Å². The van der Waals surface area contributed by atoms with Crippen molar-refractivity contribution < 1.29 is 13.6 Å². The molecular weight excluding hydrogens is 508 g/mol. The molecule has 2 N–H and O–H groups in total. The Labute approximate surface area is 241 Å². The summed E-state index contributed by atoms with van der Waals surface area (Å²) < 4.78 is 25.2. The summed E-state index contributed by atoms with van der Waals surface area (Å²) in [6, 6.07) is 0.507. The quantitative estimate of drug-likeness (QED) is 0.0939. The Kier molecular flexibility index (Phi) is 25.3. The molecule has 0 aromatic carbocycles. The molecule has 1 aliphatic rings. The Morgan fingerprint density at radius 2 is 2.00 bits per heavy atom. The summed E-state index contributed by atoms with van der Waals surface area (Å²) in [5.41, 5.74) is 2.58. The Hall–Kier alpha value is -3.23. The van der Waals surface area contributed by atoms with Crippen molar-refractivity contribution in [3.8, 4) is 0 Å². The number of nitrogens with one attached hydrogen (secondary N) is 2. The van der Waals surface area contributed by atoms with E-state index in [0.717, 1.165) is 55.7 Å². The number of allylic oxidation sites excluding steroid dienone is 6. The van der Waals surface area contributed by atoms with Crippen LogP contribution in [0, 0.1) is 5.92 Å². The zero-order valence-corrected chi connectivity index (χ0v) is 25.2. The number of rotatable bonds is 12. The molecule has 3 unspecified atom stereocenters. The summed E-state index contributed by atoms with van der Waals surface area (Å²) in [6.45, 7) is 21.8. The summed E-state index contributed by atoms with van der Waals surface area (Å²) >= 11 is 0. The highest BCUT2D eigenvalue weighted by Crippen LogP contribution is 2.24. The minimum Gasteiger partial charge on any atom is -0.316 e. The molecule has 1 aromatic heterocycles. The van der Waals surface area contributed by atoms with Gasteiger partial charge in [-0.1, -0.05) is 31.7 Å². The van der Waals surface area contributed by atoms with Gasteiger partial charge >= 0.3 is 0 Å². The fourth-order valence-electron chi connectivity index (χ4n) is 4.00. The van der Waals surface area contributed by atoms with Crippen LogP contribution < -0.4 is 5.32 Å². The molecule has 0 saturated carbocycles. The van der Waals surface area contributed by atoms with Gasteiger partial charge in [0.15, 0.2) is 0 Å². The van der Waals surface area contributed by atoms with E-state index in [1.165, 1.54) is 24.3 Å². The molecule has 0 amide bonds. The fraction of sp³-hybridized carbons (Fsp3) is 0.469. The highest BCUT2D eigenvalue weighted by atomic mass is 19.1. The second kappa shape index (κ2) is 26.0. The lowest BCUT2D eigenvalue weighted by atomic mass is 9.90. The van der Waals surface area contributed by atoms with Gasteiger partial charge in [-0.25, -0.2) is 8.78 Å². The highest BCUT2D eigenvalue weighted by Gasteiger charge is 2.24. The first-order chi connectivity index (χ1) is 19.3. The molecule has 1 fully saturated rings. The van der Waals surface area contributed by atoms with Crippen LogP contribution in [0.15, 0.2) is 67.5 Å². The number of carbonyl (C=O) groups is 1. The third kappa shape index (κ3) is 17.4. The van der Waals surface area contributed by atoms with Crippen molar-refractivity contribution in [3.63, 3.8) is 0 Å². The summed E-state index contributed by atoms with van der Waals surface area (Å²) in [4.78, 5) is 16.4. The predicted octanol–water partition coefficient (Wildman–Crippen LogP) is 7.14. The van der Waals surface area contributed by atoms with Gasteiger partial charge in [0.25, 0.3) is 0 Å². The number of H-pyrrole nitrogens is 1. The molecule has 3 atom stereocenters. The molecule has 2 rings (SSSR count). The summed E-state index contributed by atoms with van der Waals surface area (Å²) in [6.07, 6.45) is 15.7. The number of hydrogen-bond donors (Lipinski definition) is 2. The van der Waals surface area contributed by atoms with Gasteiger partial charge in [0.1, 0.15) is 13.0 Å². The van der Waals surface area contributed by atoms with Crippen LogP contribution >= 0.6 is 0 Å². The third-order valence-corrected chi connectivity index (χ3v) is 5.99. The normalized spacial score (nSPS) is 18.2. The second-order valence-electron chi connectivity index (χ2n) is 8.96. The molecule has 2 heterocycles. The summed E-state index contributed by atoms with van der Waals surface area (Å²) in [7, 11) is 4.08. The first-order valence-corrected chi connectivity index (χ1v) is 13.6. The van der Waals surface area contributed by atoms with Gasteiger partial charge in [-0.3, -0.25) is 14.9 Å². The van der Waals surface area contributed by atoms with E-state index in [4.69, 9.17) is 0 Å². The molecule has 0 aliphatic carbocycles. The lowest BCUT2D eigenvalue weighted by Gasteiger charge is -2.35. The molecule has 224 valence electrons. The summed E-state index contributed by atoms with van der Waals surface area (Å²) in [5.74, 6) is 0.539. The topological polar surface area (TPSA) is 73.4 Å². The number of likely N-dealkylation sites (tertiary alicyclic amines) is 1. The molecule has 0 bridgehead atoms. The van der Waals surface area contributed by atoms with Gasteiger partial charge in [-0.2, -0.15) is 5.10 Å². The predicted molar refractivity (Wildman–Crippen MR) is 170 cm³/mol. The van der Waals surface area contributed by atoms with E-state index in [-0.39, 0.29) is 11.7 Å². The van der Waals surface area contributed by atoms with Crippen LogP contribution in [0.1, 0.15) is 62.9 Å². The van der Waals surface area contributed by atoms with Crippen molar-refractivity contribution in [1.29, 1.82) is 0 Å². The molecule has 0 radical (unpaired) electrons. The van der Waals surface area contributed by atoms with Crippen molar-refractivity contribution in [2.24, 2.45) is 10.9 Å². The Bertz CT molecular complexity index is 936. The number of halogens is 2. The third-order valence-electron chi connectivity index (χ3n) is 5.99. The second-order valence-corrected chi connectivity index (χ2v) is 8.96.